The van der Waals surface area contributed by atoms with Crippen molar-refractivity contribution in [2.45, 2.75) is 45.1 Å². The van der Waals surface area contributed by atoms with Gasteiger partial charge in [0.2, 0.25) is 5.91 Å². The van der Waals surface area contributed by atoms with Gasteiger partial charge in [0, 0.05) is 12.7 Å². The van der Waals surface area contributed by atoms with Gasteiger partial charge in [0.05, 0.1) is 4.47 Å². The molecule has 1 fully saturated rings. The van der Waals surface area contributed by atoms with Crippen LogP contribution < -0.4 is 16.6 Å². The first-order valence-corrected chi connectivity index (χ1v) is 8.11. The fourth-order valence-electron chi connectivity index (χ4n) is 2.70. The summed E-state index contributed by atoms with van der Waals surface area (Å²) >= 11 is 3.04. The van der Waals surface area contributed by atoms with Crippen molar-refractivity contribution >= 4 is 21.8 Å². The summed E-state index contributed by atoms with van der Waals surface area (Å²) in [6, 6.07) is 0. The summed E-state index contributed by atoms with van der Waals surface area (Å²) < 4.78 is 1.42. The number of H-pyrrole nitrogens is 1. The Morgan fingerprint density at radius 3 is 2.76 bits per heavy atom. The van der Waals surface area contributed by atoms with E-state index in [1.54, 1.807) is 0 Å². The SMILES string of the molecule is O=C(Cn1cc(Br)c(=O)[nH]c1=O)NCCC1CCCCC1. The second-order valence-electron chi connectivity index (χ2n) is 5.51. The molecule has 2 rings (SSSR count). The number of rotatable bonds is 5. The minimum Gasteiger partial charge on any atom is -0.355 e. The van der Waals surface area contributed by atoms with Crippen LogP contribution in [0.4, 0.5) is 0 Å². The Labute approximate surface area is 131 Å². The first-order chi connectivity index (χ1) is 10.1. The van der Waals surface area contributed by atoms with Crippen molar-refractivity contribution in [3.8, 4) is 0 Å². The average Bonchev–Trinajstić information content (AvgIpc) is 2.46. The maximum atomic E-state index is 11.8. The van der Waals surface area contributed by atoms with Gasteiger partial charge in [-0.05, 0) is 28.3 Å². The number of nitrogens with zero attached hydrogens (tertiary/aromatic N) is 1. The van der Waals surface area contributed by atoms with Crippen LogP contribution in [0.3, 0.4) is 0 Å². The lowest BCUT2D eigenvalue weighted by atomic mass is 9.87. The average molecular weight is 358 g/mol. The molecule has 21 heavy (non-hydrogen) atoms. The lowest BCUT2D eigenvalue weighted by Gasteiger charge is -2.21. The van der Waals surface area contributed by atoms with Gasteiger partial charge in [-0.3, -0.25) is 19.1 Å². The first kappa shape index (κ1) is 16.0. The van der Waals surface area contributed by atoms with E-state index in [2.05, 4.69) is 26.2 Å². The molecule has 1 aromatic rings. The van der Waals surface area contributed by atoms with Crippen LogP contribution >= 0.6 is 15.9 Å². The van der Waals surface area contributed by atoms with Crippen LogP contribution in [0.2, 0.25) is 0 Å². The van der Waals surface area contributed by atoms with E-state index in [4.69, 9.17) is 0 Å². The molecule has 0 radical (unpaired) electrons. The highest BCUT2D eigenvalue weighted by Gasteiger charge is 2.13. The Hall–Kier alpha value is -1.37. The van der Waals surface area contributed by atoms with Crippen molar-refractivity contribution in [3.05, 3.63) is 31.5 Å². The highest BCUT2D eigenvalue weighted by molar-refractivity contribution is 9.10. The predicted molar refractivity (Wildman–Crippen MR) is 83.2 cm³/mol. The number of hydrogen-bond donors (Lipinski definition) is 2. The van der Waals surface area contributed by atoms with E-state index in [-0.39, 0.29) is 16.9 Å². The maximum absolute atomic E-state index is 11.8. The second kappa shape index (κ2) is 7.59. The van der Waals surface area contributed by atoms with Crippen molar-refractivity contribution in [1.82, 2.24) is 14.9 Å². The van der Waals surface area contributed by atoms with E-state index < -0.39 is 11.2 Å². The zero-order valence-electron chi connectivity index (χ0n) is 11.9. The standard InChI is InChI=1S/C14H20BrN3O3/c15-11-8-18(14(21)17-13(11)20)9-12(19)16-7-6-10-4-2-1-3-5-10/h8,10H,1-7,9H2,(H,16,19)(H,17,20,21). The molecule has 0 spiro atoms. The van der Waals surface area contributed by atoms with Crippen molar-refractivity contribution < 1.29 is 4.79 Å². The van der Waals surface area contributed by atoms with E-state index >= 15 is 0 Å². The number of nitrogens with one attached hydrogen (secondary N) is 2. The van der Waals surface area contributed by atoms with Crippen LogP contribution in [0.15, 0.2) is 20.3 Å². The zero-order valence-corrected chi connectivity index (χ0v) is 13.4. The first-order valence-electron chi connectivity index (χ1n) is 7.32. The lowest BCUT2D eigenvalue weighted by Crippen LogP contribution is -2.36. The van der Waals surface area contributed by atoms with Gasteiger partial charge in [-0.15, -0.1) is 0 Å². The Kier molecular flexibility index (Phi) is 5.78. The molecule has 1 aliphatic carbocycles. The minimum atomic E-state index is -0.578. The van der Waals surface area contributed by atoms with Crippen LogP contribution in [0.25, 0.3) is 0 Å². The van der Waals surface area contributed by atoms with Gasteiger partial charge in [0.25, 0.3) is 5.56 Å². The molecular formula is C14H20BrN3O3. The number of amides is 1. The molecule has 7 heteroatoms. The monoisotopic (exact) mass is 357 g/mol. The summed E-state index contributed by atoms with van der Waals surface area (Å²) in [6.07, 6.45) is 8.74. The van der Waals surface area contributed by atoms with Gasteiger partial charge in [0.1, 0.15) is 6.54 Å². The smallest absolute Gasteiger partial charge is 0.328 e. The van der Waals surface area contributed by atoms with E-state index in [1.165, 1.54) is 42.9 Å². The van der Waals surface area contributed by atoms with Gasteiger partial charge in [-0.1, -0.05) is 32.1 Å². The second-order valence-corrected chi connectivity index (χ2v) is 6.36. The van der Waals surface area contributed by atoms with Crippen LogP contribution in [-0.2, 0) is 11.3 Å². The molecule has 1 aliphatic rings. The third-order valence-electron chi connectivity index (χ3n) is 3.88. The van der Waals surface area contributed by atoms with E-state index in [0.29, 0.717) is 12.5 Å². The van der Waals surface area contributed by atoms with Crippen molar-refractivity contribution in [2.24, 2.45) is 5.92 Å². The maximum Gasteiger partial charge on any atom is 0.328 e. The molecule has 1 heterocycles. The normalized spacial score (nSPS) is 15.9. The molecular weight excluding hydrogens is 338 g/mol. The van der Waals surface area contributed by atoms with Crippen LogP contribution in [0, 0.1) is 5.92 Å². The molecule has 0 saturated heterocycles. The summed E-state index contributed by atoms with van der Waals surface area (Å²) in [7, 11) is 0. The highest BCUT2D eigenvalue weighted by atomic mass is 79.9. The summed E-state index contributed by atoms with van der Waals surface area (Å²) in [5.41, 5.74) is -1.07. The quantitative estimate of drug-likeness (QED) is 0.834. The third-order valence-corrected chi connectivity index (χ3v) is 4.45. The van der Waals surface area contributed by atoms with Crippen molar-refractivity contribution in [2.75, 3.05) is 6.54 Å². The van der Waals surface area contributed by atoms with Gasteiger partial charge in [-0.2, -0.15) is 0 Å². The van der Waals surface area contributed by atoms with Crippen LogP contribution in [-0.4, -0.2) is 22.0 Å². The summed E-state index contributed by atoms with van der Waals surface area (Å²) in [5.74, 6) is 0.496. The fourth-order valence-corrected chi connectivity index (χ4v) is 3.05. The Morgan fingerprint density at radius 1 is 1.33 bits per heavy atom. The fraction of sp³-hybridized carbons (Fsp3) is 0.643. The third kappa shape index (κ3) is 4.84. The molecule has 2 N–H and O–H groups in total. The van der Waals surface area contributed by atoms with Gasteiger partial charge in [0.15, 0.2) is 0 Å². The molecule has 0 atom stereocenters. The zero-order chi connectivity index (χ0) is 15.2. The van der Waals surface area contributed by atoms with E-state index in [9.17, 15) is 14.4 Å². The molecule has 0 unspecified atom stereocenters. The van der Waals surface area contributed by atoms with Gasteiger partial charge < -0.3 is 5.32 Å². The summed E-state index contributed by atoms with van der Waals surface area (Å²) in [4.78, 5) is 36.7. The number of hydrogen-bond acceptors (Lipinski definition) is 3. The number of aromatic amines is 1. The lowest BCUT2D eigenvalue weighted by molar-refractivity contribution is -0.121. The minimum absolute atomic E-state index is 0.0844. The highest BCUT2D eigenvalue weighted by Crippen LogP contribution is 2.25. The van der Waals surface area contributed by atoms with Crippen LogP contribution in [0.1, 0.15) is 38.5 Å². The molecule has 0 aliphatic heterocycles. The van der Waals surface area contributed by atoms with E-state index in [0.717, 1.165) is 6.42 Å². The summed E-state index contributed by atoms with van der Waals surface area (Å²) in [5, 5.41) is 2.83. The Bertz CT molecular complexity index is 602. The largest absolute Gasteiger partial charge is 0.355 e. The molecule has 116 valence electrons. The van der Waals surface area contributed by atoms with Gasteiger partial charge in [-0.25, -0.2) is 4.79 Å². The van der Waals surface area contributed by atoms with Crippen molar-refractivity contribution in [1.29, 1.82) is 0 Å². The predicted octanol–water partition coefficient (Wildman–Crippen LogP) is 1.39. The van der Waals surface area contributed by atoms with Crippen molar-refractivity contribution in [3.63, 3.8) is 0 Å². The summed E-state index contributed by atoms with van der Waals surface area (Å²) in [6.45, 7) is 0.557. The molecule has 1 aromatic heterocycles. The van der Waals surface area contributed by atoms with E-state index in [1.807, 2.05) is 0 Å². The number of carbonyl (C=O) groups is 1. The van der Waals surface area contributed by atoms with Gasteiger partial charge >= 0.3 is 5.69 Å². The molecule has 1 amide bonds. The molecule has 6 nitrogen and oxygen atoms in total. The van der Waals surface area contributed by atoms with Crippen LogP contribution in [0.5, 0.6) is 0 Å². The molecule has 0 bridgehead atoms. The number of aromatic nitrogens is 2. The topological polar surface area (TPSA) is 84.0 Å². The number of halogens is 1. The molecule has 1 saturated carbocycles. The Balaban J connectivity index is 1.80. The Morgan fingerprint density at radius 2 is 2.05 bits per heavy atom. The molecule has 0 aromatic carbocycles. The number of carbonyl (C=O) groups excluding carboxylic acids is 1.